The molecule has 0 aliphatic carbocycles. The van der Waals surface area contributed by atoms with Crippen molar-refractivity contribution < 1.29 is 19.4 Å². The molecule has 0 saturated carbocycles. The number of imidazole rings is 2. The summed E-state index contributed by atoms with van der Waals surface area (Å²) in [6.45, 7) is 15.5. The van der Waals surface area contributed by atoms with Gasteiger partial charge in [0, 0.05) is 42.5 Å². The number of nitrogens with one attached hydrogen (secondary N) is 3. The number of carboxylic acid groups (broad SMARTS) is 1. The topological polar surface area (TPSA) is 136 Å². The Morgan fingerprint density at radius 3 is 1.85 bits per heavy atom. The van der Waals surface area contributed by atoms with Gasteiger partial charge in [-0.05, 0) is 67.1 Å². The lowest BCUT2D eigenvalue weighted by molar-refractivity contribution is 0.0227. The first-order valence-electron chi connectivity index (χ1n) is 16.2. The van der Waals surface area contributed by atoms with Gasteiger partial charge in [0.25, 0.3) is 0 Å². The van der Waals surface area contributed by atoms with E-state index in [4.69, 9.17) is 14.7 Å². The molecule has 5 rings (SSSR count). The summed E-state index contributed by atoms with van der Waals surface area (Å²) in [7, 11) is 1.71. The number of benzene rings is 3. The van der Waals surface area contributed by atoms with Crippen molar-refractivity contribution in [3.63, 3.8) is 0 Å². The first-order chi connectivity index (χ1) is 22.5. The third-order valence-electron chi connectivity index (χ3n) is 8.65. The zero-order chi connectivity index (χ0) is 35.0. The van der Waals surface area contributed by atoms with Crippen molar-refractivity contribution in [3.8, 4) is 33.6 Å². The van der Waals surface area contributed by atoms with E-state index in [1.165, 1.54) is 0 Å². The average Bonchev–Trinajstić information content (AvgIpc) is 3.72. The molecule has 0 spiro atoms. The minimum atomic E-state index is -1.04. The predicted octanol–water partition coefficient (Wildman–Crippen LogP) is 9.00. The molecule has 0 fully saturated rings. The molecular formula is C38H46N6O4. The van der Waals surface area contributed by atoms with Gasteiger partial charge in [-0.15, -0.1) is 0 Å². The number of nitrogens with zero attached hydrogens (tertiary/aromatic N) is 3. The molecule has 4 N–H and O–H groups in total. The lowest BCUT2D eigenvalue weighted by Crippen LogP contribution is -2.46. The molecular weight excluding hydrogens is 604 g/mol. The van der Waals surface area contributed by atoms with E-state index in [-0.39, 0.29) is 23.4 Å². The molecule has 10 heteroatoms. The molecule has 2 amide bonds. The largest absolute Gasteiger partial charge is 0.465 e. The van der Waals surface area contributed by atoms with Crippen molar-refractivity contribution in [2.24, 2.45) is 5.41 Å². The van der Waals surface area contributed by atoms with E-state index in [9.17, 15) is 14.7 Å². The molecule has 252 valence electrons. The molecule has 0 saturated heterocycles. The summed E-state index contributed by atoms with van der Waals surface area (Å²) in [5.41, 5.74) is 4.91. The number of amides is 2. The summed E-state index contributed by atoms with van der Waals surface area (Å²) in [4.78, 5) is 41.6. The highest BCUT2D eigenvalue weighted by atomic mass is 16.6. The van der Waals surface area contributed by atoms with Crippen molar-refractivity contribution in [1.29, 1.82) is 0 Å². The number of carbonyl (C=O) groups is 2. The van der Waals surface area contributed by atoms with Crippen molar-refractivity contribution in [3.05, 3.63) is 84.7 Å². The standard InChI is InChI=1S/C38H46N6O4/c1-22(32(37(3,4)5)43-35(45)46)33-39-20-30(41-33)25-12-10-24(11-13-25)26-14-15-28-19-29(17-16-27(28)18-26)31-21-40-34(42-31)23(2)44(9)36(47)48-38(6,7)8/h10-23,32,43H,1-9H3,(H,39,41)(H,40,42)(H,45,46)/t22-,23-,32?/m0/s1. The van der Waals surface area contributed by atoms with Crippen molar-refractivity contribution in [2.45, 2.75) is 79.0 Å². The normalized spacial score (nSPS) is 13.9. The summed E-state index contributed by atoms with van der Waals surface area (Å²) in [6.07, 6.45) is 2.30. The van der Waals surface area contributed by atoms with Crippen LogP contribution < -0.4 is 5.32 Å². The predicted molar refractivity (Wildman–Crippen MR) is 190 cm³/mol. The van der Waals surface area contributed by atoms with E-state index in [0.717, 1.165) is 50.2 Å². The van der Waals surface area contributed by atoms with E-state index in [0.29, 0.717) is 5.82 Å². The molecule has 2 heterocycles. The molecule has 0 radical (unpaired) electrons. The molecule has 3 atom stereocenters. The Balaban J connectivity index is 1.30. The highest BCUT2D eigenvalue weighted by Gasteiger charge is 2.33. The fourth-order valence-corrected chi connectivity index (χ4v) is 5.89. The van der Waals surface area contributed by atoms with Crippen molar-refractivity contribution >= 4 is 23.0 Å². The SMILES string of the molecule is C[C@H](c1nc(-c2ccc(-c3ccc4cc(-c5c[nH]c([C@H](C)N(C)C(=O)OC(C)(C)C)n5)ccc4c3)cc2)c[nH]1)C(NC(=O)O)C(C)(C)C. The molecule has 3 aromatic carbocycles. The maximum atomic E-state index is 12.5. The summed E-state index contributed by atoms with van der Waals surface area (Å²) in [5.74, 6) is 1.28. The van der Waals surface area contributed by atoms with E-state index < -0.39 is 17.8 Å². The zero-order valence-corrected chi connectivity index (χ0v) is 29.2. The number of fused-ring (bicyclic) bond motifs is 1. The second-order valence-electron chi connectivity index (χ2n) is 14.5. The van der Waals surface area contributed by atoms with Crippen LogP contribution in [-0.2, 0) is 4.74 Å². The highest BCUT2D eigenvalue weighted by Crippen LogP contribution is 2.33. The van der Waals surface area contributed by atoms with Gasteiger partial charge in [0.05, 0.1) is 17.4 Å². The Hall–Kier alpha value is -5.12. The number of aromatic nitrogens is 4. The molecule has 2 aromatic heterocycles. The molecule has 1 unspecified atom stereocenters. The van der Waals surface area contributed by atoms with Crippen LogP contribution >= 0.6 is 0 Å². The van der Waals surface area contributed by atoms with Crippen LogP contribution in [0.3, 0.4) is 0 Å². The summed E-state index contributed by atoms with van der Waals surface area (Å²) in [5, 5.41) is 14.3. The second kappa shape index (κ2) is 13.2. The van der Waals surface area contributed by atoms with E-state index in [1.807, 2.05) is 67.8 Å². The number of aromatic amines is 2. The smallest absolute Gasteiger partial charge is 0.410 e. The molecule has 48 heavy (non-hydrogen) atoms. The molecule has 10 nitrogen and oxygen atoms in total. The van der Waals surface area contributed by atoms with Crippen LogP contribution in [0.15, 0.2) is 73.1 Å². The third kappa shape index (κ3) is 7.70. The number of carbonyl (C=O) groups excluding carboxylic acids is 1. The van der Waals surface area contributed by atoms with Crippen molar-refractivity contribution in [2.75, 3.05) is 7.05 Å². The van der Waals surface area contributed by atoms with Crippen LogP contribution in [0.2, 0.25) is 0 Å². The van der Waals surface area contributed by atoms with Gasteiger partial charge in [0.15, 0.2) is 0 Å². The maximum Gasteiger partial charge on any atom is 0.410 e. The molecule has 0 aliphatic heterocycles. The Bertz CT molecular complexity index is 1910. The number of hydrogen-bond acceptors (Lipinski definition) is 5. The van der Waals surface area contributed by atoms with Crippen LogP contribution in [0.25, 0.3) is 44.4 Å². The summed E-state index contributed by atoms with van der Waals surface area (Å²) >= 11 is 0. The Labute approximate surface area is 282 Å². The Kier molecular flexibility index (Phi) is 9.39. The lowest BCUT2D eigenvalue weighted by Gasteiger charge is -2.34. The van der Waals surface area contributed by atoms with E-state index in [1.54, 1.807) is 11.9 Å². The number of rotatable bonds is 8. The monoisotopic (exact) mass is 650 g/mol. The van der Waals surface area contributed by atoms with Gasteiger partial charge in [0.1, 0.15) is 17.2 Å². The van der Waals surface area contributed by atoms with Crippen LogP contribution in [0.4, 0.5) is 9.59 Å². The summed E-state index contributed by atoms with van der Waals surface area (Å²) < 4.78 is 5.51. The Morgan fingerprint density at radius 2 is 1.27 bits per heavy atom. The fourth-order valence-electron chi connectivity index (χ4n) is 5.89. The van der Waals surface area contributed by atoms with Gasteiger partial charge in [-0.2, -0.15) is 0 Å². The first-order valence-corrected chi connectivity index (χ1v) is 16.2. The first kappa shape index (κ1) is 34.2. The molecule has 0 aliphatic rings. The highest BCUT2D eigenvalue weighted by molar-refractivity contribution is 5.90. The van der Waals surface area contributed by atoms with Gasteiger partial charge in [-0.1, -0.05) is 76.2 Å². The fraction of sp³-hybridized carbons (Fsp3) is 0.368. The van der Waals surface area contributed by atoms with Crippen LogP contribution in [0, 0.1) is 5.41 Å². The molecule has 5 aromatic rings. The number of hydrogen-bond donors (Lipinski definition) is 4. The quantitative estimate of drug-likeness (QED) is 0.132. The average molecular weight is 651 g/mol. The van der Waals surface area contributed by atoms with Gasteiger partial charge in [0.2, 0.25) is 0 Å². The zero-order valence-electron chi connectivity index (χ0n) is 29.2. The van der Waals surface area contributed by atoms with Gasteiger partial charge in [-0.3, -0.25) is 0 Å². The number of H-pyrrole nitrogens is 2. The third-order valence-corrected chi connectivity index (χ3v) is 8.65. The minimum Gasteiger partial charge on any atom is -0.465 e. The minimum absolute atomic E-state index is 0.142. The second-order valence-corrected chi connectivity index (χ2v) is 14.5. The van der Waals surface area contributed by atoms with E-state index in [2.05, 4.69) is 75.9 Å². The number of ether oxygens (including phenoxy) is 1. The van der Waals surface area contributed by atoms with Gasteiger partial charge < -0.3 is 30.0 Å². The van der Waals surface area contributed by atoms with Crippen molar-refractivity contribution in [1.82, 2.24) is 30.2 Å². The summed E-state index contributed by atoms with van der Waals surface area (Å²) in [6, 6.07) is 20.4. The lowest BCUT2D eigenvalue weighted by atomic mass is 9.79. The van der Waals surface area contributed by atoms with Crippen LogP contribution in [0.5, 0.6) is 0 Å². The maximum absolute atomic E-state index is 12.5. The molecule has 0 bridgehead atoms. The van der Waals surface area contributed by atoms with E-state index >= 15 is 0 Å². The Morgan fingerprint density at radius 1 is 0.771 bits per heavy atom. The van der Waals surface area contributed by atoms with Gasteiger partial charge >= 0.3 is 12.2 Å². The van der Waals surface area contributed by atoms with Gasteiger partial charge in [-0.25, -0.2) is 19.6 Å². The van der Waals surface area contributed by atoms with Crippen LogP contribution in [-0.4, -0.2) is 60.8 Å². The van der Waals surface area contributed by atoms with Crippen LogP contribution in [0.1, 0.15) is 79.0 Å².